The molecule has 0 bridgehead atoms. The van der Waals surface area contributed by atoms with E-state index in [2.05, 4.69) is 10.3 Å². The molecule has 20 heavy (non-hydrogen) atoms. The highest BCUT2D eigenvalue weighted by Crippen LogP contribution is 2.24. The van der Waals surface area contributed by atoms with Crippen LogP contribution in [0, 0.1) is 0 Å². The molecule has 1 fully saturated rings. The number of carbonyl (C=O) groups is 2. The van der Waals surface area contributed by atoms with Crippen molar-refractivity contribution >= 4 is 23.4 Å². The number of carboxylic acid groups (broad SMARTS) is 1. The van der Waals surface area contributed by atoms with Gasteiger partial charge in [-0.25, -0.2) is 9.78 Å². The number of amides is 1. The summed E-state index contributed by atoms with van der Waals surface area (Å²) in [5.41, 5.74) is 0.574. The first-order valence-electron chi connectivity index (χ1n) is 6.30. The summed E-state index contributed by atoms with van der Waals surface area (Å²) in [6, 6.07) is 3.46. The monoisotopic (exact) mass is 279 g/mol. The van der Waals surface area contributed by atoms with Crippen molar-refractivity contribution in [3.8, 4) is 0 Å². The summed E-state index contributed by atoms with van der Waals surface area (Å²) >= 11 is 0. The van der Waals surface area contributed by atoms with E-state index in [1.807, 2.05) is 14.1 Å². The molecular formula is C13H17N3O4. The molecule has 2 rings (SSSR count). The fraction of sp³-hybridized carbons (Fsp3) is 0.462. The molecule has 0 aliphatic carbocycles. The van der Waals surface area contributed by atoms with Crippen LogP contribution < -0.4 is 10.2 Å². The number of nitrogens with zero attached hydrogens (tertiary/aromatic N) is 2. The normalized spacial score (nSPS) is 21.5. The third-order valence-electron chi connectivity index (χ3n) is 3.06. The summed E-state index contributed by atoms with van der Waals surface area (Å²) in [5.74, 6) is -0.742. The van der Waals surface area contributed by atoms with E-state index in [1.54, 1.807) is 23.2 Å². The highest BCUT2D eigenvalue weighted by Gasteiger charge is 2.34. The van der Waals surface area contributed by atoms with Crippen LogP contribution >= 0.6 is 0 Å². The van der Waals surface area contributed by atoms with Crippen molar-refractivity contribution in [2.75, 3.05) is 24.3 Å². The van der Waals surface area contributed by atoms with E-state index in [1.165, 1.54) is 0 Å². The van der Waals surface area contributed by atoms with E-state index in [0.29, 0.717) is 24.3 Å². The van der Waals surface area contributed by atoms with Crippen molar-refractivity contribution in [1.29, 1.82) is 0 Å². The molecule has 1 aliphatic heterocycles. The standard InChI is InChI=1S/C13H17N3O4/c1-16(2)11-8(4-3-7-14-11)15-12(17)9-5-6-10(20-9)13(18)19/h3-4,7,9-10H,5-6H2,1-2H3,(H,15,17)(H,18,19)/t9-,10+/m0/s1. The van der Waals surface area contributed by atoms with Gasteiger partial charge in [0, 0.05) is 20.3 Å². The number of pyridine rings is 1. The van der Waals surface area contributed by atoms with Crippen LogP contribution in [0.3, 0.4) is 0 Å². The lowest BCUT2D eigenvalue weighted by Crippen LogP contribution is -2.30. The lowest BCUT2D eigenvalue weighted by molar-refractivity contribution is -0.150. The summed E-state index contributed by atoms with van der Waals surface area (Å²) in [6.07, 6.45) is 0.762. The number of hydrogen-bond donors (Lipinski definition) is 2. The van der Waals surface area contributed by atoms with E-state index >= 15 is 0 Å². The molecular weight excluding hydrogens is 262 g/mol. The Hall–Kier alpha value is -2.15. The molecule has 1 aromatic rings. The SMILES string of the molecule is CN(C)c1ncccc1NC(=O)[C@@H]1CC[C@H](C(=O)O)O1. The maximum absolute atomic E-state index is 12.1. The van der Waals surface area contributed by atoms with Gasteiger partial charge in [-0.1, -0.05) is 0 Å². The van der Waals surface area contributed by atoms with Crippen molar-refractivity contribution in [3.05, 3.63) is 18.3 Å². The first kappa shape index (κ1) is 14.3. The van der Waals surface area contributed by atoms with Crippen LogP contribution in [-0.4, -0.2) is 48.3 Å². The summed E-state index contributed by atoms with van der Waals surface area (Å²) in [4.78, 5) is 28.8. The second kappa shape index (κ2) is 5.87. The Labute approximate surface area is 116 Å². The van der Waals surface area contributed by atoms with Gasteiger partial charge >= 0.3 is 5.97 Å². The van der Waals surface area contributed by atoms with Gasteiger partial charge in [-0.15, -0.1) is 0 Å². The summed E-state index contributed by atoms with van der Waals surface area (Å²) in [7, 11) is 3.65. The van der Waals surface area contributed by atoms with Crippen LogP contribution in [0.2, 0.25) is 0 Å². The van der Waals surface area contributed by atoms with Gasteiger partial charge in [0.15, 0.2) is 11.9 Å². The molecule has 7 nitrogen and oxygen atoms in total. The molecule has 2 N–H and O–H groups in total. The van der Waals surface area contributed by atoms with Crippen LogP contribution in [0.1, 0.15) is 12.8 Å². The topological polar surface area (TPSA) is 91.8 Å². The molecule has 7 heteroatoms. The maximum Gasteiger partial charge on any atom is 0.332 e. The Balaban J connectivity index is 2.04. The van der Waals surface area contributed by atoms with Gasteiger partial charge in [-0.3, -0.25) is 4.79 Å². The third-order valence-corrected chi connectivity index (χ3v) is 3.06. The van der Waals surface area contributed by atoms with Gasteiger partial charge in [-0.2, -0.15) is 0 Å². The highest BCUT2D eigenvalue weighted by molar-refractivity contribution is 5.97. The van der Waals surface area contributed by atoms with Gasteiger partial charge in [0.25, 0.3) is 5.91 Å². The molecule has 0 unspecified atom stereocenters. The molecule has 0 radical (unpaired) electrons. The Morgan fingerprint density at radius 1 is 1.40 bits per heavy atom. The van der Waals surface area contributed by atoms with Crippen molar-refractivity contribution in [1.82, 2.24) is 4.98 Å². The number of nitrogens with one attached hydrogen (secondary N) is 1. The van der Waals surface area contributed by atoms with E-state index in [4.69, 9.17) is 9.84 Å². The Bertz CT molecular complexity index is 518. The molecule has 0 spiro atoms. The molecule has 108 valence electrons. The van der Waals surface area contributed by atoms with E-state index in [0.717, 1.165) is 0 Å². The van der Waals surface area contributed by atoms with E-state index in [-0.39, 0.29) is 5.91 Å². The molecule has 0 saturated carbocycles. The fourth-order valence-electron chi connectivity index (χ4n) is 2.08. The molecule has 1 amide bonds. The lowest BCUT2D eigenvalue weighted by atomic mass is 10.2. The number of ether oxygens (including phenoxy) is 1. The van der Waals surface area contributed by atoms with Gasteiger partial charge in [0.2, 0.25) is 0 Å². The number of carbonyl (C=O) groups excluding carboxylic acids is 1. The van der Waals surface area contributed by atoms with Crippen LogP contribution in [0.15, 0.2) is 18.3 Å². The molecule has 0 aromatic carbocycles. The quantitative estimate of drug-likeness (QED) is 0.843. The zero-order valence-corrected chi connectivity index (χ0v) is 11.4. The number of aliphatic carboxylic acids is 1. The van der Waals surface area contributed by atoms with Crippen LogP contribution in [0.5, 0.6) is 0 Å². The molecule has 1 aromatic heterocycles. The van der Waals surface area contributed by atoms with Crippen molar-refractivity contribution < 1.29 is 19.4 Å². The van der Waals surface area contributed by atoms with Gasteiger partial charge in [0.05, 0.1) is 5.69 Å². The number of carboxylic acids is 1. The van der Waals surface area contributed by atoms with Gasteiger partial charge < -0.3 is 20.1 Å². The average Bonchev–Trinajstić information content (AvgIpc) is 2.89. The highest BCUT2D eigenvalue weighted by atomic mass is 16.5. The molecule has 1 saturated heterocycles. The average molecular weight is 279 g/mol. The Morgan fingerprint density at radius 3 is 2.70 bits per heavy atom. The second-order valence-electron chi connectivity index (χ2n) is 4.79. The van der Waals surface area contributed by atoms with Crippen molar-refractivity contribution in [3.63, 3.8) is 0 Å². The smallest absolute Gasteiger partial charge is 0.332 e. The fourth-order valence-corrected chi connectivity index (χ4v) is 2.08. The lowest BCUT2D eigenvalue weighted by Gasteiger charge is -2.17. The van der Waals surface area contributed by atoms with Crippen LogP contribution in [-0.2, 0) is 14.3 Å². The zero-order valence-electron chi connectivity index (χ0n) is 11.4. The minimum absolute atomic E-state index is 0.343. The third kappa shape index (κ3) is 3.05. The van der Waals surface area contributed by atoms with E-state index in [9.17, 15) is 9.59 Å². The largest absolute Gasteiger partial charge is 0.479 e. The molecule has 2 atom stereocenters. The van der Waals surface area contributed by atoms with E-state index < -0.39 is 18.2 Å². The number of rotatable bonds is 4. The van der Waals surface area contributed by atoms with Crippen LogP contribution in [0.4, 0.5) is 11.5 Å². The molecule has 2 heterocycles. The Kier molecular flexibility index (Phi) is 4.19. The number of anilines is 2. The van der Waals surface area contributed by atoms with Crippen LogP contribution in [0.25, 0.3) is 0 Å². The van der Waals surface area contributed by atoms with Crippen molar-refractivity contribution in [2.24, 2.45) is 0 Å². The van der Waals surface area contributed by atoms with Crippen molar-refractivity contribution in [2.45, 2.75) is 25.0 Å². The van der Waals surface area contributed by atoms with Gasteiger partial charge in [0.1, 0.15) is 6.10 Å². The predicted molar refractivity (Wildman–Crippen MR) is 72.7 cm³/mol. The summed E-state index contributed by atoms with van der Waals surface area (Å²) in [5, 5.41) is 11.6. The summed E-state index contributed by atoms with van der Waals surface area (Å²) in [6.45, 7) is 0. The predicted octanol–water partition coefficient (Wildman–Crippen LogP) is 0.718. The minimum atomic E-state index is -1.03. The Morgan fingerprint density at radius 2 is 2.10 bits per heavy atom. The zero-order chi connectivity index (χ0) is 14.7. The van der Waals surface area contributed by atoms with Gasteiger partial charge in [-0.05, 0) is 25.0 Å². The maximum atomic E-state index is 12.1. The first-order valence-corrected chi connectivity index (χ1v) is 6.30. The first-order chi connectivity index (χ1) is 9.49. The second-order valence-corrected chi connectivity index (χ2v) is 4.79. The minimum Gasteiger partial charge on any atom is -0.479 e. The summed E-state index contributed by atoms with van der Waals surface area (Å²) < 4.78 is 5.21. The molecule has 1 aliphatic rings. The number of hydrogen-bond acceptors (Lipinski definition) is 5. The number of aromatic nitrogens is 1.